The Balaban J connectivity index is 2.06. The van der Waals surface area contributed by atoms with Gasteiger partial charge < -0.3 is 14.5 Å². The molecule has 0 unspecified atom stereocenters. The zero-order chi connectivity index (χ0) is 14.4. The molecule has 1 N–H and O–H groups in total. The highest BCUT2D eigenvalue weighted by Crippen LogP contribution is 2.17. The third-order valence-corrected chi connectivity index (χ3v) is 2.64. The molecule has 1 atom stereocenters. The number of benzene rings is 1. The molecule has 5 heteroatoms. The molecule has 2 rings (SSSR count). The molecule has 0 saturated carbocycles. The smallest absolute Gasteiger partial charge is 0.303 e. The average molecular weight is 273 g/mol. The number of carbonyl (C=O) groups is 2. The van der Waals surface area contributed by atoms with Crippen LogP contribution in [0.5, 0.6) is 0 Å². The van der Waals surface area contributed by atoms with E-state index in [4.69, 9.17) is 9.15 Å². The Morgan fingerprint density at radius 1 is 1.20 bits per heavy atom. The maximum atomic E-state index is 12.1. The van der Waals surface area contributed by atoms with Gasteiger partial charge in [-0.3, -0.25) is 9.59 Å². The van der Waals surface area contributed by atoms with Crippen LogP contribution in [0, 0.1) is 0 Å². The molecule has 2 aromatic rings. The van der Waals surface area contributed by atoms with E-state index in [2.05, 4.69) is 5.32 Å². The Morgan fingerprint density at radius 3 is 2.55 bits per heavy atom. The number of furan rings is 1. The molecular formula is C15H15NO4. The number of amides is 1. The number of hydrogen-bond acceptors (Lipinski definition) is 4. The highest BCUT2D eigenvalue weighted by molar-refractivity contribution is 5.84. The van der Waals surface area contributed by atoms with Crippen molar-refractivity contribution in [3.63, 3.8) is 0 Å². The number of ether oxygens (including phenoxy) is 1. The second kappa shape index (κ2) is 6.56. The lowest BCUT2D eigenvalue weighted by Crippen LogP contribution is -2.31. The molecule has 1 aromatic carbocycles. The van der Waals surface area contributed by atoms with Gasteiger partial charge in [0.2, 0.25) is 6.10 Å². The number of nitrogens with one attached hydrogen (secondary N) is 1. The third-order valence-electron chi connectivity index (χ3n) is 2.64. The van der Waals surface area contributed by atoms with Gasteiger partial charge >= 0.3 is 5.97 Å². The van der Waals surface area contributed by atoms with Crippen molar-refractivity contribution in [3.05, 3.63) is 60.1 Å². The predicted octanol–water partition coefficient (Wildman–Crippen LogP) is 2.20. The molecule has 0 aliphatic carbocycles. The molecule has 1 heterocycles. The van der Waals surface area contributed by atoms with Gasteiger partial charge in [-0.1, -0.05) is 30.3 Å². The molecule has 5 nitrogen and oxygen atoms in total. The lowest BCUT2D eigenvalue weighted by atomic mass is 10.1. The van der Waals surface area contributed by atoms with Crippen molar-refractivity contribution in [3.8, 4) is 0 Å². The van der Waals surface area contributed by atoms with E-state index in [1.165, 1.54) is 13.2 Å². The summed E-state index contributed by atoms with van der Waals surface area (Å²) in [4.78, 5) is 23.3. The van der Waals surface area contributed by atoms with Crippen molar-refractivity contribution in [2.24, 2.45) is 0 Å². The first-order valence-corrected chi connectivity index (χ1v) is 6.19. The fraction of sp³-hybridized carbons (Fsp3) is 0.200. The summed E-state index contributed by atoms with van der Waals surface area (Å²) in [5, 5.41) is 2.68. The average Bonchev–Trinajstić information content (AvgIpc) is 2.96. The fourth-order valence-corrected chi connectivity index (χ4v) is 1.75. The van der Waals surface area contributed by atoms with Crippen LogP contribution in [-0.4, -0.2) is 11.9 Å². The molecule has 0 spiro atoms. The Bertz CT molecular complexity index is 563. The van der Waals surface area contributed by atoms with E-state index in [1.807, 2.05) is 6.07 Å². The lowest BCUT2D eigenvalue weighted by molar-refractivity contribution is -0.154. The molecule has 0 aliphatic heterocycles. The topological polar surface area (TPSA) is 68.5 Å². The third kappa shape index (κ3) is 3.71. The van der Waals surface area contributed by atoms with Crippen molar-refractivity contribution in [1.82, 2.24) is 5.32 Å². The summed E-state index contributed by atoms with van der Waals surface area (Å²) in [6, 6.07) is 12.4. The highest BCUT2D eigenvalue weighted by Gasteiger charge is 2.23. The lowest BCUT2D eigenvalue weighted by Gasteiger charge is -2.16. The summed E-state index contributed by atoms with van der Waals surface area (Å²) in [6.45, 7) is 1.52. The minimum atomic E-state index is -0.955. The Hall–Kier alpha value is -2.56. The van der Waals surface area contributed by atoms with Crippen molar-refractivity contribution in [2.75, 3.05) is 0 Å². The summed E-state index contributed by atoms with van der Waals surface area (Å²) in [6.07, 6.45) is 0.575. The molecule has 0 bridgehead atoms. The van der Waals surface area contributed by atoms with Crippen LogP contribution in [0.15, 0.2) is 53.1 Å². The first-order valence-electron chi connectivity index (χ1n) is 6.19. The van der Waals surface area contributed by atoms with Gasteiger partial charge in [0.15, 0.2) is 0 Å². The van der Waals surface area contributed by atoms with Gasteiger partial charge in [-0.15, -0.1) is 0 Å². The summed E-state index contributed by atoms with van der Waals surface area (Å²) < 4.78 is 10.2. The van der Waals surface area contributed by atoms with Crippen LogP contribution in [0.4, 0.5) is 0 Å². The normalized spacial score (nSPS) is 11.7. The van der Waals surface area contributed by atoms with Crippen LogP contribution in [0.1, 0.15) is 24.4 Å². The molecule has 20 heavy (non-hydrogen) atoms. The summed E-state index contributed by atoms with van der Waals surface area (Å²) in [5.74, 6) is -0.261. The second-order valence-corrected chi connectivity index (χ2v) is 4.20. The van der Waals surface area contributed by atoms with Crippen molar-refractivity contribution in [1.29, 1.82) is 0 Å². The van der Waals surface area contributed by atoms with Crippen LogP contribution in [0.3, 0.4) is 0 Å². The van der Waals surface area contributed by atoms with E-state index in [1.54, 1.807) is 36.4 Å². The van der Waals surface area contributed by atoms with Gasteiger partial charge in [-0.2, -0.15) is 0 Å². The van der Waals surface area contributed by atoms with Crippen LogP contribution in [0.2, 0.25) is 0 Å². The van der Waals surface area contributed by atoms with Crippen molar-refractivity contribution >= 4 is 11.9 Å². The number of hydrogen-bond donors (Lipinski definition) is 1. The zero-order valence-electron chi connectivity index (χ0n) is 11.0. The highest BCUT2D eigenvalue weighted by atomic mass is 16.5. The SMILES string of the molecule is CC(=O)O[C@@H](C(=O)NCc1ccco1)c1ccccc1. The minimum absolute atomic E-state index is 0.246. The maximum Gasteiger partial charge on any atom is 0.303 e. The fourth-order valence-electron chi connectivity index (χ4n) is 1.75. The zero-order valence-corrected chi connectivity index (χ0v) is 11.0. The van der Waals surface area contributed by atoms with Gasteiger partial charge in [-0.25, -0.2) is 0 Å². The summed E-state index contributed by atoms with van der Waals surface area (Å²) in [7, 11) is 0. The largest absolute Gasteiger partial charge is 0.467 e. The maximum absolute atomic E-state index is 12.1. The molecule has 0 radical (unpaired) electrons. The van der Waals surface area contributed by atoms with Gasteiger partial charge in [0, 0.05) is 12.5 Å². The summed E-state index contributed by atoms with van der Waals surface area (Å²) in [5.41, 5.74) is 0.625. The Morgan fingerprint density at radius 2 is 1.95 bits per heavy atom. The van der Waals surface area contributed by atoms with Gasteiger partial charge in [0.1, 0.15) is 5.76 Å². The van der Waals surface area contributed by atoms with Crippen molar-refractivity contribution in [2.45, 2.75) is 19.6 Å². The Kier molecular flexibility index (Phi) is 4.55. The van der Waals surface area contributed by atoms with Crippen molar-refractivity contribution < 1.29 is 18.7 Å². The van der Waals surface area contributed by atoms with Crippen LogP contribution in [0.25, 0.3) is 0 Å². The standard InChI is InChI=1S/C15H15NO4/c1-11(17)20-14(12-6-3-2-4-7-12)15(18)16-10-13-8-5-9-19-13/h2-9,14H,10H2,1H3,(H,16,18)/t14-/m1/s1. The van der Waals surface area contributed by atoms with Gasteiger partial charge in [-0.05, 0) is 12.1 Å². The van der Waals surface area contributed by atoms with E-state index in [9.17, 15) is 9.59 Å². The molecule has 0 fully saturated rings. The van der Waals surface area contributed by atoms with E-state index < -0.39 is 12.1 Å². The Labute approximate surface area is 116 Å². The molecule has 0 saturated heterocycles. The molecule has 1 amide bonds. The number of esters is 1. The molecule has 1 aromatic heterocycles. The van der Waals surface area contributed by atoms with Crippen LogP contribution in [-0.2, 0) is 20.9 Å². The monoisotopic (exact) mass is 273 g/mol. The van der Waals surface area contributed by atoms with E-state index in [-0.39, 0.29) is 12.5 Å². The van der Waals surface area contributed by atoms with E-state index in [0.29, 0.717) is 11.3 Å². The number of carbonyl (C=O) groups excluding carboxylic acids is 2. The first-order chi connectivity index (χ1) is 9.66. The minimum Gasteiger partial charge on any atom is -0.467 e. The van der Waals surface area contributed by atoms with E-state index >= 15 is 0 Å². The first kappa shape index (κ1) is 13.9. The van der Waals surface area contributed by atoms with Crippen LogP contribution < -0.4 is 5.32 Å². The number of rotatable bonds is 5. The predicted molar refractivity (Wildman–Crippen MR) is 71.5 cm³/mol. The molecule has 0 aliphatic rings. The second-order valence-electron chi connectivity index (χ2n) is 4.20. The van der Waals surface area contributed by atoms with Gasteiger partial charge in [0.25, 0.3) is 5.91 Å². The van der Waals surface area contributed by atoms with Gasteiger partial charge in [0.05, 0.1) is 12.8 Å². The van der Waals surface area contributed by atoms with Crippen LogP contribution >= 0.6 is 0 Å². The molecular weight excluding hydrogens is 258 g/mol. The quantitative estimate of drug-likeness (QED) is 0.848. The summed E-state index contributed by atoms with van der Waals surface area (Å²) >= 11 is 0. The van der Waals surface area contributed by atoms with E-state index in [0.717, 1.165) is 0 Å². The molecule has 104 valence electrons.